The van der Waals surface area contributed by atoms with Gasteiger partial charge in [-0.05, 0) is 37.8 Å². The van der Waals surface area contributed by atoms with Gasteiger partial charge in [0.2, 0.25) is 5.91 Å². The summed E-state index contributed by atoms with van der Waals surface area (Å²) in [5.74, 6) is 2.13. The summed E-state index contributed by atoms with van der Waals surface area (Å²) in [7, 11) is 0. The Kier molecular flexibility index (Phi) is 4.84. The van der Waals surface area contributed by atoms with Crippen LogP contribution in [0.15, 0.2) is 17.5 Å². The molecule has 0 radical (unpaired) electrons. The van der Waals surface area contributed by atoms with Crippen LogP contribution < -0.4 is 5.32 Å². The van der Waals surface area contributed by atoms with Crippen molar-refractivity contribution in [3.63, 3.8) is 0 Å². The molecule has 1 atom stereocenters. The summed E-state index contributed by atoms with van der Waals surface area (Å²) in [6.07, 6.45) is 2.17. The molecule has 1 aliphatic rings. The minimum absolute atomic E-state index is 0.0835. The molecule has 0 spiro atoms. The molecule has 3 rings (SSSR count). The Morgan fingerprint density at radius 2 is 2.50 bits per heavy atom. The predicted molar refractivity (Wildman–Crippen MR) is 85.7 cm³/mol. The maximum absolute atomic E-state index is 12.1. The molecule has 0 saturated carbocycles. The standard InChI is InChI=1S/C15H21N5OS/c1-11-17-15(19-18-11)12-4-2-6-20(9-12)10-14(21)16-8-13-5-3-7-22-13/h3,5,7,12H,2,4,6,8-10H2,1H3,(H,16,21)(H,17,18,19). The number of nitrogens with one attached hydrogen (secondary N) is 2. The molecule has 0 aliphatic carbocycles. The summed E-state index contributed by atoms with van der Waals surface area (Å²) < 4.78 is 0. The minimum Gasteiger partial charge on any atom is -0.350 e. The fourth-order valence-electron chi connectivity index (χ4n) is 2.81. The molecular weight excluding hydrogens is 298 g/mol. The van der Waals surface area contributed by atoms with E-state index < -0.39 is 0 Å². The van der Waals surface area contributed by atoms with Gasteiger partial charge in [-0.1, -0.05) is 6.07 Å². The van der Waals surface area contributed by atoms with Crippen LogP contribution >= 0.6 is 11.3 Å². The topological polar surface area (TPSA) is 73.9 Å². The van der Waals surface area contributed by atoms with Crippen LogP contribution in [0.5, 0.6) is 0 Å². The van der Waals surface area contributed by atoms with E-state index in [1.807, 2.05) is 24.4 Å². The van der Waals surface area contributed by atoms with Crippen molar-refractivity contribution < 1.29 is 4.79 Å². The Balaban J connectivity index is 1.48. The number of aryl methyl sites for hydroxylation is 1. The molecule has 6 nitrogen and oxygen atoms in total. The molecule has 2 aromatic rings. The molecule has 0 aromatic carbocycles. The minimum atomic E-state index is 0.0835. The Labute approximate surface area is 133 Å². The summed E-state index contributed by atoms with van der Waals surface area (Å²) in [6.45, 7) is 4.80. The zero-order chi connectivity index (χ0) is 15.4. The highest BCUT2D eigenvalue weighted by Crippen LogP contribution is 2.24. The van der Waals surface area contributed by atoms with E-state index in [0.717, 1.165) is 37.6 Å². The van der Waals surface area contributed by atoms with E-state index in [-0.39, 0.29) is 5.91 Å². The summed E-state index contributed by atoms with van der Waals surface area (Å²) in [6, 6.07) is 4.04. The Bertz CT molecular complexity index is 609. The van der Waals surface area contributed by atoms with E-state index in [4.69, 9.17) is 0 Å². The summed E-state index contributed by atoms with van der Waals surface area (Å²) in [5.41, 5.74) is 0. The van der Waals surface area contributed by atoms with Crippen molar-refractivity contribution >= 4 is 17.2 Å². The molecule has 2 aromatic heterocycles. The number of piperidine rings is 1. The molecule has 0 bridgehead atoms. The van der Waals surface area contributed by atoms with Crippen molar-refractivity contribution in [3.05, 3.63) is 34.0 Å². The number of thiophene rings is 1. The van der Waals surface area contributed by atoms with Gasteiger partial charge < -0.3 is 5.32 Å². The van der Waals surface area contributed by atoms with E-state index in [1.54, 1.807) is 11.3 Å². The quantitative estimate of drug-likeness (QED) is 0.879. The monoisotopic (exact) mass is 319 g/mol. The van der Waals surface area contributed by atoms with E-state index in [1.165, 1.54) is 4.88 Å². The van der Waals surface area contributed by atoms with Gasteiger partial charge in [-0.25, -0.2) is 4.98 Å². The number of aromatic amines is 1. The highest BCUT2D eigenvalue weighted by molar-refractivity contribution is 7.09. The van der Waals surface area contributed by atoms with Crippen molar-refractivity contribution in [1.82, 2.24) is 25.4 Å². The number of carbonyl (C=O) groups excluding carboxylic acids is 1. The normalized spacial score (nSPS) is 19.2. The zero-order valence-corrected chi connectivity index (χ0v) is 13.5. The largest absolute Gasteiger partial charge is 0.350 e. The van der Waals surface area contributed by atoms with Gasteiger partial charge in [-0.2, -0.15) is 5.10 Å². The van der Waals surface area contributed by atoms with Crippen LogP contribution in [0, 0.1) is 6.92 Å². The second kappa shape index (κ2) is 7.02. The fourth-order valence-corrected chi connectivity index (χ4v) is 3.45. The predicted octanol–water partition coefficient (Wildman–Crippen LogP) is 1.67. The molecule has 3 heterocycles. The summed E-state index contributed by atoms with van der Waals surface area (Å²) in [4.78, 5) is 19.9. The van der Waals surface area contributed by atoms with Gasteiger partial charge in [0.1, 0.15) is 5.82 Å². The van der Waals surface area contributed by atoms with E-state index in [0.29, 0.717) is 19.0 Å². The number of hydrogen-bond acceptors (Lipinski definition) is 5. The molecule has 1 fully saturated rings. The molecule has 1 aliphatic heterocycles. The van der Waals surface area contributed by atoms with E-state index in [9.17, 15) is 4.79 Å². The van der Waals surface area contributed by atoms with Crippen LogP contribution in [0.4, 0.5) is 0 Å². The summed E-state index contributed by atoms with van der Waals surface area (Å²) in [5, 5.41) is 12.2. The van der Waals surface area contributed by atoms with Gasteiger partial charge in [0, 0.05) is 17.3 Å². The average molecular weight is 319 g/mol. The lowest BCUT2D eigenvalue weighted by Gasteiger charge is -2.30. The molecule has 118 valence electrons. The average Bonchev–Trinajstić information content (AvgIpc) is 3.17. The smallest absolute Gasteiger partial charge is 0.234 e. The van der Waals surface area contributed by atoms with Crippen LogP contribution in [-0.4, -0.2) is 45.6 Å². The first-order chi connectivity index (χ1) is 10.7. The Morgan fingerprint density at radius 1 is 1.59 bits per heavy atom. The third-order valence-electron chi connectivity index (χ3n) is 3.89. The van der Waals surface area contributed by atoms with Crippen molar-refractivity contribution in [3.8, 4) is 0 Å². The fraction of sp³-hybridized carbons (Fsp3) is 0.533. The molecule has 7 heteroatoms. The van der Waals surface area contributed by atoms with Crippen molar-refractivity contribution in [2.45, 2.75) is 32.2 Å². The maximum Gasteiger partial charge on any atom is 0.234 e. The number of hydrogen-bond donors (Lipinski definition) is 2. The third-order valence-corrected chi connectivity index (χ3v) is 4.77. The number of rotatable bonds is 5. The lowest BCUT2D eigenvalue weighted by atomic mass is 9.97. The lowest BCUT2D eigenvalue weighted by molar-refractivity contribution is -0.122. The van der Waals surface area contributed by atoms with Gasteiger partial charge >= 0.3 is 0 Å². The molecule has 2 N–H and O–H groups in total. The SMILES string of the molecule is Cc1nc(C2CCCN(CC(=O)NCc3cccs3)C2)n[nH]1. The molecule has 1 unspecified atom stereocenters. The van der Waals surface area contributed by atoms with Crippen molar-refractivity contribution in [1.29, 1.82) is 0 Å². The lowest BCUT2D eigenvalue weighted by Crippen LogP contribution is -2.42. The molecular formula is C15H21N5OS. The van der Waals surface area contributed by atoms with Crippen LogP contribution in [0.3, 0.4) is 0 Å². The molecule has 1 saturated heterocycles. The first-order valence-electron chi connectivity index (χ1n) is 7.61. The Hall–Kier alpha value is -1.73. The van der Waals surface area contributed by atoms with Gasteiger partial charge in [0.05, 0.1) is 13.1 Å². The van der Waals surface area contributed by atoms with Gasteiger partial charge in [0.25, 0.3) is 0 Å². The first kappa shape index (κ1) is 15.2. The first-order valence-corrected chi connectivity index (χ1v) is 8.49. The number of likely N-dealkylation sites (tertiary alicyclic amines) is 1. The molecule has 1 amide bonds. The van der Waals surface area contributed by atoms with E-state index >= 15 is 0 Å². The summed E-state index contributed by atoms with van der Waals surface area (Å²) >= 11 is 1.66. The molecule has 22 heavy (non-hydrogen) atoms. The van der Waals surface area contributed by atoms with Crippen LogP contribution in [-0.2, 0) is 11.3 Å². The van der Waals surface area contributed by atoms with Gasteiger partial charge in [0.15, 0.2) is 5.82 Å². The van der Waals surface area contributed by atoms with Crippen molar-refractivity contribution in [2.75, 3.05) is 19.6 Å². The zero-order valence-electron chi connectivity index (χ0n) is 12.7. The number of nitrogens with zero attached hydrogens (tertiary/aromatic N) is 3. The number of amides is 1. The third kappa shape index (κ3) is 3.92. The highest BCUT2D eigenvalue weighted by Gasteiger charge is 2.25. The van der Waals surface area contributed by atoms with Crippen LogP contribution in [0.25, 0.3) is 0 Å². The van der Waals surface area contributed by atoms with Gasteiger partial charge in [-0.3, -0.25) is 14.8 Å². The second-order valence-electron chi connectivity index (χ2n) is 5.71. The van der Waals surface area contributed by atoms with E-state index in [2.05, 4.69) is 25.4 Å². The highest BCUT2D eigenvalue weighted by atomic mass is 32.1. The number of aromatic nitrogens is 3. The Morgan fingerprint density at radius 3 is 3.23 bits per heavy atom. The number of H-pyrrole nitrogens is 1. The van der Waals surface area contributed by atoms with Crippen molar-refractivity contribution in [2.24, 2.45) is 0 Å². The van der Waals surface area contributed by atoms with Crippen LogP contribution in [0.2, 0.25) is 0 Å². The van der Waals surface area contributed by atoms with Gasteiger partial charge in [-0.15, -0.1) is 11.3 Å². The maximum atomic E-state index is 12.1. The van der Waals surface area contributed by atoms with Crippen LogP contribution in [0.1, 0.15) is 35.3 Å². The second-order valence-corrected chi connectivity index (χ2v) is 6.74. The number of carbonyl (C=O) groups is 1.